The van der Waals surface area contributed by atoms with Crippen molar-refractivity contribution in [1.82, 2.24) is 10.2 Å². The Labute approximate surface area is 156 Å². The van der Waals surface area contributed by atoms with E-state index in [0.29, 0.717) is 28.4 Å². The first kappa shape index (κ1) is 19.6. The lowest BCUT2D eigenvalue weighted by atomic mass is 9.95. The van der Waals surface area contributed by atoms with Gasteiger partial charge in [0.25, 0.3) is 0 Å². The number of methoxy groups -OCH3 is 1. The predicted octanol–water partition coefficient (Wildman–Crippen LogP) is 3.54. The molecule has 8 heteroatoms. The highest BCUT2D eigenvalue weighted by molar-refractivity contribution is 6.42. The van der Waals surface area contributed by atoms with Gasteiger partial charge in [-0.15, -0.1) is 0 Å². The van der Waals surface area contributed by atoms with E-state index in [1.807, 2.05) is 6.92 Å². The van der Waals surface area contributed by atoms with Crippen molar-refractivity contribution in [2.24, 2.45) is 0 Å². The molecule has 2 amide bonds. The topological polar surface area (TPSA) is 67.9 Å². The number of hydrogen-bond acceptors (Lipinski definition) is 4. The molecule has 1 aliphatic heterocycles. The van der Waals surface area contributed by atoms with E-state index in [9.17, 15) is 9.59 Å². The van der Waals surface area contributed by atoms with Gasteiger partial charge in [0.15, 0.2) is 0 Å². The van der Waals surface area contributed by atoms with Gasteiger partial charge in [-0.2, -0.15) is 0 Å². The fourth-order valence-electron chi connectivity index (χ4n) is 2.70. The van der Waals surface area contributed by atoms with E-state index in [-0.39, 0.29) is 24.3 Å². The van der Waals surface area contributed by atoms with Gasteiger partial charge in [-0.1, -0.05) is 35.3 Å². The van der Waals surface area contributed by atoms with Gasteiger partial charge >= 0.3 is 12.0 Å². The number of hydrogen-bond donors (Lipinski definition) is 1. The predicted molar refractivity (Wildman–Crippen MR) is 95.6 cm³/mol. The van der Waals surface area contributed by atoms with Crippen molar-refractivity contribution in [1.29, 1.82) is 0 Å². The van der Waals surface area contributed by atoms with Crippen LogP contribution in [0.15, 0.2) is 29.5 Å². The lowest BCUT2D eigenvalue weighted by Gasteiger charge is -2.35. The summed E-state index contributed by atoms with van der Waals surface area (Å²) in [6.07, 6.45) is 0. The first-order valence-corrected chi connectivity index (χ1v) is 8.56. The number of carbonyl (C=O) groups is 2. The Morgan fingerprint density at radius 1 is 1.32 bits per heavy atom. The Kier molecular flexibility index (Phi) is 6.70. The minimum atomic E-state index is -0.739. The molecule has 0 saturated carbocycles. The summed E-state index contributed by atoms with van der Waals surface area (Å²) in [5.41, 5.74) is 1.38. The molecule has 6 nitrogen and oxygen atoms in total. The van der Waals surface area contributed by atoms with E-state index in [4.69, 9.17) is 32.7 Å². The highest BCUT2D eigenvalue weighted by atomic mass is 35.5. The van der Waals surface area contributed by atoms with Crippen molar-refractivity contribution < 1.29 is 19.1 Å². The molecule has 0 aliphatic carbocycles. The number of rotatable bonds is 6. The number of urea groups is 1. The molecule has 1 aromatic carbocycles. The second kappa shape index (κ2) is 8.56. The van der Waals surface area contributed by atoms with Crippen molar-refractivity contribution in [2.45, 2.75) is 19.9 Å². The molecule has 1 aromatic rings. The van der Waals surface area contributed by atoms with Crippen molar-refractivity contribution in [3.8, 4) is 0 Å². The number of ether oxygens (including phenoxy) is 2. The molecule has 25 heavy (non-hydrogen) atoms. The maximum absolute atomic E-state index is 12.6. The van der Waals surface area contributed by atoms with E-state index < -0.39 is 12.0 Å². The third-order valence-electron chi connectivity index (χ3n) is 3.95. The molecular weight excluding hydrogens is 367 g/mol. The van der Waals surface area contributed by atoms with Crippen LogP contribution in [0.3, 0.4) is 0 Å². The van der Waals surface area contributed by atoms with Crippen LogP contribution in [0.5, 0.6) is 0 Å². The van der Waals surface area contributed by atoms with E-state index >= 15 is 0 Å². The van der Waals surface area contributed by atoms with E-state index in [1.54, 1.807) is 25.1 Å². The van der Waals surface area contributed by atoms with Crippen molar-refractivity contribution in [3.63, 3.8) is 0 Å². The van der Waals surface area contributed by atoms with Gasteiger partial charge < -0.3 is 14.8 Å². The average molecular weight is 387 g/mol. The van der Waals surface area contributed by atoms with Crippen molar-refractivity contribution >= 4 is 35.2 Å². The summed E-state index contributed by atoms with van der Waals surface area (Å²) in [5.74, 6) is -0.533. The van der Waals surface area contributed by atoms with Gasteiger partial charge in [0.05, 0.1) is 28.3 Å². The highest BCUT2D eigenvalue weighted by Gasteiger charge is 2.37. The first-order chi connectivity index (χ1) is 11.9. The summed E-state index contributed by atoms with van der Waals surface area (Å²) in [6, 6.07) is 4.02. The number of nitrogens with one attached hydrogen (secondary N) is 1. The van der Waals surface area contributed by atoms with Gasteiger partial charge in [0, 0.05) is 19.4 Å². The first-order valence-electron chi connectivity index (χ1n) is 7.81. The summed E-state index contributed by atoms with van der Waals surface area (Å²) in [4.78, 5) is 26.5. The molecule has 0 spiro atoms. The summed E-state index contributed by atoms with van der Waals surface area (Å²) >= 11 is 12.4. The van der Waals surface area contributed by atoms with Gasteiger partial charge in [0.1, 0.15) is 6.61 Å². The second-order valence-corrected chi connectivity index (χ2v) is 6.18. The molecule has 1 aliphatic rings. The van der Waals surface area contributed by atoms with Crippen LogP contribution in [0.25, 0.3) is 0 Å². The zero-order chi connectivity index (χ0) is 18.6. The summed E-state index contributed by atoms with van der Waals surface area (Å²) in [5, 5.41) is 3.44. The summed E-state index contributed by atoms with van der Waals surface area (Å²) < 4.78 is 10.2. The number of carbonyl (C=O) groups excluding carboxylic acids is 2. The molecule has 2 rings (SSSR count). The number of benzene rings is 1. The van der Waals surface area contributed by atoms with Gasteiger partial charge in [-0.25, -0.2) is 9.59 Å². The normalized spacial score (nSPS) is 17.6. The Hall–Kier alpha value is -1.76. The quantitative estimate of drug-likeness (QED) is 0.599. The van der Waals surface area contributed by atoms with Crippen LogP contribution in [0.2, 0.25) is 10.0 Å². The minimum Gasteiger partial charge on any atom is -0.460 e. The Morgan fingerprint density at radius 3 is 2.68 bits per heavy atom. The zero-order valence-electron chi connectivity index (χ0n) is 14.3. The maximum Gasteiger partial charge on any atom is 0.338 e. The molecule has 1 heterocycles. The lowest BCUT2D eigenvalue weighted by Crippen LogP contribution is -2.48. The molecule has 136 valence electrons. The fourth-order valence-corrected chi connectivity index (χ4v) is 3.12. The fraction of sp³-hybridized carbons (Fsp3) is 0.412. The van der Waals surface area contributed by atoms with Crippen LogP contribution in [0.1, 0.15) is 25.5 Å². The maximum atomic E-state index is 12.6. The molecule has 0 radical (unpaired) electrons. The zero-order valence-corrected chi connectivity index (χ0v) is 15.8. The molecule has 1 atom stereocenters. The Morgan fingerprint density at radius 2 is 2.04 bits per heavy atom. The van der Waals surface area contributed by atoms with Crippen LogP contribution in [0.4, 0.5) is 4.79 Å². The van der Waals surface area contributed by atoms with E-state index in [0.717, 1.165) is 0 Å². The molecule has 0 aromatic heterocycles. The Balaban J connectivity index is 2.48. The average Bonchev–Trinajstić information content (AvgIpc) is 2.57. The monoisotopic (exact) mass is 386 g/mol. The van der Waals surface area contributed by atoms with E-state index in [2.05, 4.69) is 5.32 Å². The summed E-state index contributed by atoms with van der Waals surface area (Å²) in [7, 11) is 1.52. The third kappa shape index (κ3) is 4.08. The number of nitrogens with zero attached hydrogens (tertiary/aromatic N) is 1. The molecule has 1 N–H and O–H groups in total. The standard InChI is InChI=1S/C17H20Cl2N2O4/c1-4-21-10(2)13(16(22)25-9-8-24-3)15(20-17(21)23)11-6-5-7-12(18)14(11)19/h5-7,15H,4,8-9H2,1-3H3,(H,20,23)/t15-/m0/s1. The third-order valence-corrected chi connectivity index (χ3v) is 4.78. The largest absolute Gasteiger partial charge is 0.460 e. The van der Waals surface area contributed by atoms with Crippen LogP contribution < -0.4 is 5.32 Å². The number of allylic oxidation sites excluding steroid dienone is 1. The smallest absolute Gasteiger partial charge is 0.338 e. The minimum absolute atomic E-state index is 0.113. The molecule has 0 unspecified atom stereocenters. The number of esters is 1. The van der Waals surface area contributed by atoms with Crippen molar-refractivity contribution in [3.05, 3.63) is 45.1 Å². The molecule has 0 bridgehead atoms. The van der Waals surface area contributed by atoms with Gasteiger partial charge in [0.2, 0.25) is 0 Å². The number of halogens is 2. The lowest BCUT2D eigenvalue weighted by molar-refractivity contribution is -0.140. The highest BCUT2D eigenvalue weighted by Crippen LogP contribution is 2.37. The van der Waals surface area contributed by atoms with Crippen LogP contribution in [-0.2, 0) is 14.3 Å². The molecular formula is C17H20Cl2N2O4. The van der Waals surface area contributed by atoms with Crippen molar-refractivity contribution in [2.75, 3.05) is 26.9 Å². The van der Waals surface area contributed by atoms with Gasteiger partial charge in [-0.3, -0.25) is 4.90 Å². The number of amides is 2. The van der Waals surface area contributed by atoms with Crippen LogP contribution >= 0.6 is 23.2 Å². The van der Waals surface area contributed by atoms with Crippen LogP contribution in [-0.4, -0.2) is 43.8 Å². The molecule has 0 fully saturated rings. The Bertz CT molecular complexity index is 706. The summed E-state index contributed by atoms with van der Waals surface area (Å²) in [6.45, 7) is 4.35. The SMILES string of the molecule is CCN1C(=O)N[C@@H](c2cccc(Cl)c2Cl)C(C(=O)OCCOC)=C1C. The molecule has 0 saturated heterocycles. The van der Waals surface area contributed by atoms with E-state index in [1.165, 1.54) is 12.0 Å². The van der Waals surface area contributed by atoms with Gasteiger partial charge in [-0.05, 0) is 25.5 Å². The second-order valence-electron chi connectivity index (χ2n) is 5.40. The van der Waals surface area contributed by atoms with Crippen LogP contribution in [0, 0.1) is 0 Å².